The summed E-state index contributed by atoms with van der Waals surface area (Å²) in [5.74, 6) is -4.43. The monoisotopic (exact) mass is 538 g/mol. The van der Waals surface area contributed by atoms with Crippen LogP contribution >= 0.6 is 0 Å². The van der Waals surface area contributed by atoms with E-state index in [9.17, 15) is 39.3 Å². The average Bonchev–Trinajstić information content (AvgIpc) is 2.85. The summed E-state index contributed by atoms with van der Waals surface area (Å²) in [5.41, 5.74) is 17.0. The Balaban J connectivity index is 3.13. The normalized spacial score (nSPS) is 14.8. The van der Waals surface area contributed by atoms with E-state index in [2.05, 4.69) is 16.0 Å². The molecule has 4 amide bonds. The summed E-state index contributed by atoms with van der Waals surface area (Å²) in [6, 6.07) is 0.726. The zero-order valence-corrected chi connectivity index (χ0v) is 21.3. The number of nitrogens with one attached hydrogen (secondary N) is 3. The maximum Gasteiger partial charge on any atom is 0.328 e. The Bertz CT molecular complexity index is 956. The van der Waals surface area contributed by atoms with Crippen LogP contribution in [0, 0.1) is 0 Å². The van der Waals surface area contributed by atoms with Crippen molar-refractivity contribution < 1.29 is 39.3 Å². The first-order chi connectivity index (χ1) is 17.8. The van der Waals surface area contributed by atoms with Crippen molar-refractivity contribution >= 4 is 29.6 Å². The SMILES string of the molecule is CC(O)C(NC(=O)C(CCCCN)NC(=O)C(Cc1ccc(O)cc1)NC(=O)C(N)CCC(N)=O)C(=O)O. The standard InChI is InChI=1S/C24H38N6O8/c1-13(31)20(24(37)38)30-22(35)17(4-2-3-11-25)28-23(36)18(12-14-5-7-15(32)8-6-14)29-21(34)16(26)9-10-19(27)33/h5-8,13,16-18,20,31-32H,2-4,9-12,25-26H2,1H3,(H2,27,33)(H,28,36)(H,29,34)(H,30,35)(H,37,38). The zero-order valence-electron chi connectivity index (χ0n) is 21.3. The predicted octanol–water partition coefficient (Wildman–Crippen LogP) is -2.42. The van der Waals surface area contributed by atoms with E-state index in [1.807, 2.05) is 0 Å². The first-order valence-corrected chi connectivity index (χ1v) is 12.2. The van der Waals surface area contributed by atoms with Crippen molar-refractivity contribution in [3.05, 3.63) is 29.8 Å². The average molecular weight is 539 g/mol. The van der Waals surface area contributed by atoms with E-state index in [-0.39, 0.29) is 31.4 Å². The highest BCUT2D eigenvalue weighted by Crippen LogP contribution is 2.12. The van der Waals surface area contributed by atoms with E-state index in [0.29, 0.717) is 24.9 Å². The third kappa shape index (κ3) is 11.5. The fourth-order valence-electron chi connectivity index (χ4n) is 3.46. The van der Waals surface area contributed by atoms with Crippen LogP contribution in [0.4, 0.5) is 0 Å². The quantitative estimate of drug-likeness (QED) is 0.0947. The van der Waals surface area contributed by atoms with Gasteiger partial charge in [-0.3, -0.25) is 19.2 Å². The number of aliphatic carboxylic acids is 1. The molecule has 1 rings (SSSR count). The van der Waals surface area contributed by atoms with Crippen LogP contribution in [-0.4, -0.2) is 81.7 Å². The number of nitrogens with two attached hydrogens (primary N) is 3. The van der Waals surface area contributed by atoms with Gasteiger partial charge in [0.2, 0.25) is 23.6 Å². The minimum atomic E-state index is -1.60. The van der Waals surface area contributed by atoms with E-state index in [1.165, 1.54) is 19.1 Å². The first kappa shape index (κ1) is 32.3. The number of phenols is 1. The third-order valence-corrected chi connectivity index (χ3v) is 5.67. The van der Waals surface area contributed by atoms with Gasteiger partial charge in [-0.2, -0.15) is 0 Å². The van der Waals surface area contributed by atoms with Crippen LogP contribution in [0.3, 0.4) is 0 Å². The number of phenolic OH excluding ortho intramolecular Hbond substituents is 1. The summed E-state index contributed by atoms with van der Waals surface area (Å²) in [4.78, 5) is 61.2. The molecule has 5 unspecified atom stereocenters. The highest BCUT2D eigenvalue weighted by Gasteiger charge is 2.31. The van der Waals surface area contributed by atoms with Gasteiger partial charge in [-0.05, 0) is 56.8 Å². The summed E-state index contributed by atoms with van der Waals surface area (Å²) in [6.07, 6.45) is -0.563. The van der Waals surface area contributed by atoms with Gasteiger partial charge in [0.05, 0.1) is 12.1 Å². The molecule has 0 aliphatic heterocycles. The molecule has 14 heteroatoms. The summed E-state index contributed by atoms with van der Waals surface area (Å²) >= 11 is 0. The lowest BCUT2D eigenvalue weighted by molar-refractivity contribution is -0.145. The second-order valence-corrected chi connectivity index (χ2v) is 8.95. The van der Waals surface area contributed by atoms with Gasteiger partial charge in [0.15, 0.2) is 6.04 Å². The summed E-state index contributed by atoms with van der Waals surface area (Å²) in [5, 5.41) is 35.8. The number of benzene rings is 1. The van der Waals surface area contributed by atoms with Gasteiger partial charge in [-0.15, -0.1) is 0 Å². The van der Waals surface area contributed by atoms with Gasteiger partial charge in [0.25, 0.3) is 0 Å². The molecule has 0 saturated carbocycles. The van der Waals surface area contributed by atoms with Gasteiger partial charge in [0.1, 0.15) is 17.8 Å². The molecule has 0 aliphatic rings. The molecule has 0 radical (unpaired) electrons. The fraction of sp³-hybridized carbons (Fsp3) is 0.542. The van der Waals surface area contributed by atoms with Crippen LogP contribution in [-0.2, 0) is 30.4 Å². The van der Waals surface area contributed by atoms with Gasteiger partial charge in [-0.1, -0.05) is 12.1 Å². The van der Waals surface area contributed by atoms with Crippen molar-refractivity contribution in [2.24, 2.45) is 17.2 Å². The summed E-state index contributed by atoms with van der Waals surface area (Å²) < 4.78 is 0. The molecule has 0 fully saturated rings. The van der Waals surface area contributed by atoms with Crippen LogP contribution in [0.1, 0.15) is 44.6 Å². The second-order valence-electron chi connectivity index (χ2n) is 8.95. The number of primary amides is 1. The molecule has 212 valence electrons. The molecule has 12 N–H and O–H groups in total. The Morgan fingerprint density at radius 1 is 0.895 bits per heavy atom. The molecule has 38 heavy (non-hydrogen) atoms. The number of hydrogen-bond donors (Lipinski definition) is 9. The van der Waals surface area contributed by atoms with Crippen molar-refractivity contribution in [3.8, 4) is 5.75 Å². The highest BCUT2D eigenvalue weighted by molar-refractivity contribution is 5.94. The van der Waals surface area contributed by atoms with E-state index in [1.54, 1.807) is 12.1 Å². The topological polar surface area (TPSA) is 260 Å². The number of unbranched alkanes of at least 4 members (excludes halogenated alkanes) is 1. The van der Waals surface area contributed by atoms with Crippen LogP contribution in [0.25, 0.3) is 0 Å². The minimum Gasteiger partial charge on any atom is -0.508 e. The molecular formula is C24H38N6O8. The molecular weight excluding hydrogens is 500 g/mol. The fourth-order valence-corrected chi connectivity index (χ4v) is 3.46. The Morgan fingerprint density at radius 3 is 2.00 bits per heavy atom. The molecule has 0 bridgehead atoms. The highest BCUT2D eigenvalue weighted by atomic mass is 16.4. The molecule has 0 aromatic heterocycles. The number of amides is 4. The number of rotatable bonds is 17. The van der Waals surface area contributed by atoms with Crippen molar-refractivity contribution in [3.63, 3.8) is 0 Å². The van der Waals surface area contributed by atoms with Gasteiger partial charge >= 0.3 is 5.97 Å². The summed E-state index contributed by atoms with van der Waals surface area (Å²) in [6.45, 7) is 1.53. The lowest BCUT2D eigenvalue weighted by atomic mass is 10.0. The zero-order chi connectivity index (χ0) is 28.8. The number of hydrogen-bond acceptors (Lipinski definition) is 9. The van der Waals surface area contributed by atoms with Gasteiger partial charge in [-0.25, -0.2) is 4.79 Å². The van der Waals surface area contributed by atoms with Crippen LogP contribution in [0.2, 0.25) is 0 Å². The smallest absolute Gasteiger partial charge is 0.328 e. The Morgan fingerprint density at radius 2 is 1.47 bits per heavy atom. The molecule has 1 aromatic carbocycles. The lowest BCUT2D eigenvalue weighted by Gasteiger charge is -2.26. The van der Waals surface area contributed by atoms with Gasteiger partial charge in [0, 0.05) is 12.8 Å². The second kappa shape index (κ2) is 16.2. The van der Waals surface area contributed by atoms with Crippen molar-refractivity contribution in [2.45, 2.75) is 75.7 Å². The van der Waals surface area contributed by atoms with Crippen molar-refractivity contribution in [2.75, 3.05) is 6.54 Å². The van der Waals surface area contributed by atoms with E-state index < -0.39 is 59.9 Å². The van der Waals surface area contributed by atoms with E-state index >= 15 is 0 Å². The summed E-state index contributed by atoms with van der Waals surface area (Å²) in [7, 11) is 0. The Hall–Kier alpha value is -3.75. The largest absolute Gasteiger partial charge is 0.508 e. The van der Waals surface area contributed by atoms with Crippen LogP contribution in [0.15, 0.2) is 24.3 Å². The van der Waals surface area contributed by atoms with E-state index in [0.717, 1.165) is 0 Å². The maximum atomic E-state index is 13.3. The Labute approximate surface area is 220 Å². The lowest BCUT2D eigenvalue weighted by Crippen LogP contribution is -2.58. The number of carboxylic acid groups (broad SMARTS) is 1. The first-order valence-electron chi connectivity index (χ1n) is 12.2. The molecule has 0 heterocycles. The number of carbonyl (C=O) groups is 5. The van der Waals surface area contributed by atoms with E-state index in [4.69, 9.17) is 17.2 Å². The molecule has 5 atom stereocenters. The molecule has 0 spiro atoms. The van der Waals surface area contributed by atoms with Crippen LogP contribution < -0.4 is 33.2 Å². The van der Waals surface area contributed by atoms with Crippen molar-refractivity contribution in [1.82, 2.24) is 16.0 Å². The number of carboxylic acids is 1. The molecule has 0 aliphatic carbocycles. The number of carbonyl (C=O) groups excluding carboxylic acids is 4. The van der Waals surface area contributed by atoms with Crippen molar-refractivity contribution in [1.29, 1.82) is 0 Å². The minimum absolute atomic E-state index is 0.00463. The maximum absolute atomic E-state index is 13.3. The number of aliphatic hydroxyl groups excluding tert-OH is 1. The van der Waals surface area contributed by atoms with Gasteiger partial charge < -0.3 is 48.5 Å². The third-order valence-electron chi connectivity index (χ3n) is 5.67. The number of aromatic hydroxyl groups is 1. The predicted molar refractivity (Wildman–Crippen MR) is 136 cm³/mol. The molecule has 1 aromatic rings. The molecule has 0 saturated heterocycles. The number of aliphatic hydroxyl groups is 1. The Kier molecular flexibility index (Phi) is 13.7. The van der Waals surface area contributed by atoms with Crippen LogP contribution in [0.5, 0.6) is 5.75 Å². The molecule has 14 nitrogen and oxygen atoms in total.